The van der Waals surface area contributed by atoms with Crippen LogP contribution in [0.4, 0.5) is 0 Å². The molecule has 0 radical (unpaired) electrons. The molecular formula is C11H6Cl2N4O. The van der Waals surface area contributed by atoms with Crippen LogP contribution in [0.3, 0.4) is 0 Å². The zero-order chi connectivity index (χ0) is 12.5. The van der Waals surface area contributed by atoms with Crippen molar-refractivity contribution >= 4 is 34.2 Å². The number of aromatic amines is 1. The summed E-state index contributed by atoms with van der Waals surface area (Å²) >= 11 is 11.7. The SMILES string of the molecule is Clc1cccc(Oc2nc(Cl)nc3[nH]ncc23)c1. The highest BCUT2D eigenvalue weighted by atomic mass is 35.5. The Balaban J connectivity index is 2.06. The van der Waals surface area contributed by atoms with Gasteiger partial charge >= 0.3 is 0 Å². The van der Waals surface area contributed by atoms with Gasteiger partial charge in [0.15, 0.2) is 5.65 Å². The molecule has 0 fully saturated rings. The topological polar surface area (TPSA) is 63.7 Å². The van der Waals surface area contributed by atoms with Crippen molar-refractivity contribution in [1.29, 1.82) is 0 Å². The van der Waals surface area contributed by atoms with Gasteiger partial charge in [0, 0.05) is 5.02 Å². The number of hydrogen-bond acceptors (Lipinski definition) is 4. The van der Waals surface area contributed by atoms with Gasteiger partial charge in [-0.15, -0.1) is 0 Å². The van der Waals surface area contributed by atoms with Crippen LogP contribution in [0, 0.1) is 0 Å². The Morgan fingerprint density at radius 3 is 2.89 bits per heavy atom. The van der Waals surface area contributed by atoms with Gasteiger partial charge < -0.3 is 4.74 Å². The van der Waals surface area contributed by atoms with E-state index in [1.807, 2.05) is 0 Å². The Morgan fingerprint density at radius 2 is 2.06 bits per heavy atom. The van der Waals surface area contributed by atoms with E-state index in [0.29, 0.717) is 27.7 Å². The summed E-state index contributed by atoms with van der Waals surface area (Å²) in [5, 5.41) is 7.90. The average molecular weight is 281 g/mol. The van der Waals surface area contributed by atoms with Gasteiger partial charge in [-0.05, 0) is 29.8 Å². The summed E-state index contributed by atoms with van der Waals surface area (Å²) in [6, 6.07) is 7.00. The highest BCUT2D eigenvalue weighted by Crippen LogP contribution is 2.28. The second kappa shape index (κ2) is 4.44. The normalized spacial score (nSPS) is 10.8. The molecule has 1 N–H and O–H groups in total. The number of nitrogens with one attached hydrogen (secondary N) is 1. The zero-order valence-electron chi connectivity index (χ0n) is 8.89. The molecule has 0 aliphatic heterocycles. The number of fused-ring (bicyclic) bond motifs is 1. The van der Waals surface area contributed by atoms with Gasteiger partial charge in [0.05, 0.1) is 6.20 Å². The van der Waals surface area contributed by atoms with Crippen molar-refractivity contribution in [3.8, 4) is 11.6 Å². The van der Waals surface area contributed by atoms with E-state index in [-0.39, 0.29) is 5.28 Å². The molecule has 3 rings (SSSR count). The van der Waals surface area contributed by atoms with Crippen LogP contribution in [0.2, 0.25) is 10.3 Å². The molecule has 0 bridgehead atoms. The smallest absolute Gasteiger partial charge is 0.234 e. The molecule has 1 aromatic carbocycles. The maximum atomic E-state index is 5.88. The van der Waals surface area contributed by atoms with Crippen molar-refractivity contribution in [1.82, 2.24) is 20.2 Å². The van der Waals surface area contributed by atoms with E-state index < -0.39 is 0 Å². The van der Waals surface area contributed by atoms with Crippen molar-refractivity contribution in [2.24, 2.45) is 0 Å². The lowest BCUT2D eigenvalue weighted by atomic mass is 10.3. The average Bonchev–Trinajstić information content (AvgIpc) is 2.77. The maximum Gasteiger partial charge on any atom is 0.234 e. The maximum absolute atomic E-state index is 5.88. The van der Waals surface area contributed by atoms with Crippen LogP contribution in [0.15, 0.2) is 30.5 Å². The third kappa shape index (κ3) is 2.10. The first kappa shape index (κ1) is 11.3. The van der Waals surface area contributed by atoms with E-state index in [9.17, 15) is 0 Å². The minimum absolute atomic E-state index is 0.0868. The Bertz CT molecular complexity index is 713. The van der Waals surface area contributed by atoms with Gasteiger partial charge in [0.1, 0.15) is 11.1 Å². The van der Waals surface area contributed by atoms with E-state index in [0.717, 1.165) is 0 Å². The minimum atomic E-state index is 0.0868. The van der Waals surface area contributed by atoms with Gasteiger partial charge in [-0.1, -0.05) is 17.7 Å². The second-order valence-corrected chi connectivity index (χ2v) is 4.26. The minimum Gasteiger partial charge on any atom is -0.438 e. The van der Waals surface area contributed by atoms with Crippen molar-refractivity contribution in [2.45, 2.75) is 0 Å². The van der Waals surface area contributed by atoms with Gasteiger partial charge in [0.2, 0.25) is 11.2 Å². The molecular weight excluding hydrogens is 275 g/mol. The number of aromatic nitrogens is 4. The fourth-order valence-corrected chi connectivity index (χ4v) is 1.84. The fraction of sp³-hybridized carbons (Fsp3) is 0. The summed E-state index contributed by atoms with van der Waals surface area (Å²) in [5.41, 5.74) is 0.520. The molecule has 3 aromatic rings. The van der Waals surface area contributed by atoms with E-state index in [1.165, 1.54) is 0 Å². The third-order valence-electron chi connectivity index (χ3n) is 2.26. The Kier molecular flexibility index (Phi) is 2.77. The molecule has 2 heterocycles. The molecule has 0 amide bonds. The number of hydrogen-bond donors (Lipinski definition) is 1. The molecule has 0 aliphatic carbocycles. The highest BCUT2D eigenvalue weighted by molar-refractivity contribution is 6.30. The fourth-order valence-electron chi connectivity index (χ4n) is 1.50. The molecule has 0 spiro atoms. The molecule has 7 heteroatoms. The molecule has 90 valence electrons. The highest BCUT2D eigenvalue weighted by Gasteiger charge is 2.10. The van der Waals surface area contributed by atoms with E-state index in [4.69, 9.17) is 27.9 Å². The largest absolute Gasteiger partial charge is 0.438 e. The molecule has 18 heavy (non-hydrogen) atoms. The monoisotopic (exact) mass is 280 g/mol. The van der Waals surface area contributed by atoms with Crippen LogP contribution in [0.5, 0.6) is 11.6 Å². The number of rotatable bonds is 2. The summed E-state index contributed by atoms with van der Waals surface area (Å²) in [4.78, 5) is 8.01. The summed E-state index contributed by atoms with van der Waals surface area (Å²) in [6.45, 7) is 0. The number of H-pyrrole nitrogens is 1. The van der Waals surface area contributed by atoms with Gasteiger partial charge in [0.25, 0.3) is 0 Å². The van der Waals surface area contributed by atoms with Crippen LogP contribution < -0.4 is 4.74 Å². The van der Waals surface area contributed by atoms with E-state index in [2.05, 4.69) is 20.2 Å². The first-order valence-corrected chi connectivity index (χ1v) is 5.78. The predicted molar refractivity (Wildman–Crippen MR) is 68.2 cm³/mol. The van der Waals surface area contributed by atoms with Crippen LogP contribution in [-0.2, 0) is 0 Å². The number of ether oxygens (including phenoxy) is 1. The van der Waals surface area contributed by atoms with E-state index >= 15 is 0 Å². The Hall–Kier alpha value is -1.85. The summed E-state index contributed by atoms with van der Waals surface area (Å²) in [5.74, 6) is 0.904. The molecule has 2 aromatic heterocycles. The molecule has 5 nitrogen and oxygen atoms in total. The zero-order valence-corrected chi connectivity index (χ0v) is 10.4. The second-order valence-electron chi connectivity index (χ2n) is 3.49. The predicted octanol–water partition coefficient (Wildman–Crippen LogP) is 3.45. The van der Waals surface area contributed by atoms with Crippen molar-refractivity contribution in [2.75, 3.05) is 0 Å². The van der Waals surface area contributed by atoms with Crippen LogP contribution in [0.25, 0.3) is 11.0 Å². The summed E-state index contributed by atoms with van der Waals surface area (Å²) in [7, 11) is 0. The number of halogens is 2. The van der Waals surface area contributed by atoms with Crippen molar-refractivity contribution in [3.05, 3.63) is 40.8 Å². The lowest BCUT2D eigenvalue weighted by Crippen LogP contribution is -1.91. The van der Waals surface area contributed by atoms with Gasteiger partial charge in [-0.2, -0.15) is 15.1 Å². The van der Waals surface area contributed by atoms with Gasteiger partial charge in [-0.3, -0.25) is 5.10 Å². The lowest BCUT2D eigenvalue weighted by molar-refractivity contribution is 0.468. The molecule has 0 unspecified atom stereocenters. The quantitative estimate of drug-likeness (QED) is 0.731. The lowest BCUT2D eigenvalue weighted by Gasteiger charge is -2.05. The van der Waals surface area contributed by atoms with Crippen molar-refractivity contribution in [3.63, 3.8) is 0 Å². The molecule has 0 aliphatic rings. The van der Waals surface area contributed by atoms with Crippen LogP contribution in [-0.4, -0.2) is 20.2 Å². The Labute approximate surface area is 112 Å². The Morgan fingerprint density at radius 1 is 1.17 bits per heavy atom. The molecule has 0 atom stereocenters. The summed E-state index contributed by atoms with van der Waals surface area (Å²) < 4.78 is 5.63. The first-order chi connectivity index (χ1) is 8.72. The van der Waals surface area contributed by atoms with Crippen LogP contribution >= 0.6 is 23.2 Å². The number of benzene rings is 1. The summed E-state index contributed by atoms with van der Waals surface area (Å²) in [6.07, 6.45) is 1.57. The van der Waals surface area contributed by atoms with Crippen LogP contribution in [0.1, 0.15) is 0 Å². The van der Waals surface area contributed by atoms with E-state index in [1.54, 1.807) is 30.5 Å². The standard InChI is InChI=1S/C11H6Cl2N4O/c12-6-2-1-3-7(4-6)18-10-8-5-14-17-9(8)15-11(13)16-10/h1-5H,(H,14,15,16,17). The first-order valence-electron chi connectivity index (χ1n) is 5.02. The molecule has 0 saturated heterocycles. The van der Waals surface area contributed by atoms with Gasteiger partial charge in [-0.25, -0.2) is 0 Å². The van der Waals surface area contributed by atoms with Crippen molar-refractivity contribution < 1.29 is 4.74 Å². The third-order valence-corrected chi connectivity index (χ3v) is 2.66. The number of nitrogens with zero attached hydrogens (tertiary/aromatic N) is 3. The molecule has 0 saturated carbocycles.